The lowest BCUT2D eigenvalue weighted by atomic mass is 9.86. The van der Waals surface area contributed by atoms with Gasteiger partial charge in [-0.25, -0.2) is 15.0 Å². The fourth-order valence-electron chi connectivity index (χ4n) is 12.9. The Hall–Kier alpha value is -10.6. The van der Waals surface area contributed by atoms with E-state index >= 15 is 0 Å². The maximum absolute atomic E-state index is 5.41. The van der Waals surface area contributed by atoms with Gasteiger partial charge in [-0.05, 0) is 170 Å². The molecule has 0 spiro atoms. The first-order valence-electron chi connectivity index (χ1n) is 29.7. The van der Waals surface area contributed by atoms with Crippen LogP contribution in [0, 0.1) is 0 Å². The van der Waals surface area contributed by atoms with Crippen molar-refractivity contribution in [2.45, 2.75) is 25.2 Å². The Morgan fingerprint density at radius 2 is 0.919 bits per heavy atom. The number of para-hydroxylation sites is 1. The van der Waals surface area contributed by atoms with E-state index in [0.717, 1.165) is 80.4 Å². The van der Waals surface area contributed by atoms with E-state index in [9.17, 15) is 0 Å². The predicted octanol–water partition coefficient (Wildman–Crippen LogP) is 22.0. The molecule has 3 aromatic heterocycles. The first-order valence-corrected chi connectivity index (χ1v) is 30.5. The van der Waals surface area contributed by atoms with Crippen LogP contribution >= 0.6 is 11.3 Å². The third-order valence-corrected chi connectivity index (χ3v) is 18.4. The molecule has 1 atom stereocenters. The Balaban J connectivity index is 0.772. The van der Waals surface area contributed by atoms with Gasteiger partial charge < -0.3 is 4.57 Å². The summed E-state index contributed by atoms with van der Waals surface area (Å²) in [6.07, 6.45) is 18.9. The fourth-order valence-corrected chi connectivity index (χ4v) is 14.0. The predicted molar refractivity (Wildman–Crippen MR) is 363 cm³/mol. The van der Waals surface area contributed by atoms with Crippen LogP contribution in [-0.4, -0.2) is 19.5 Å². The second-order valence-corrected chi connectivity index (χ2v) is 23.6. The maximum Gasteiger partial charge on any atom is 0.164 e. The van der Waals surface area contributed by atoms with Gasteiger partial charge in [0, 0.05) is 59.2 Å². The largest absolute Gasteiger partial charge is 0.309 e. The van der Waals surface area contributed by atoms with Crippen LogP contribution in [0.15, 0.2) is 297 Å². The molecule has 0 radical (unpaired) electrons. The second kappa shape index (κ2) is 21.9. The van der Waals surface area contributed by atoms with Gasteiger partial charge in [0.15, 0.2) is 17.5 Å². The van der Waals surface area contributed by atoms with Gasteiger partial charge in [0.05, 0.1) is 11.0 Å². The minimum Gasteiger partial charge on any atom is -0.309 e. The van der Waals surface area contributed by atoms with E-state index in [2.05, 4.69) is 284 Å². The molecule has 406 valence electrons. The Morgan fingerprint density at radius 3 is 1.65 bits per heavy atom. The number of nitrogens with zero attached hydrogens (tertiary/aromatic N) is 4. The highest BCUT2D eigenvalue weighted by molar-refractivity contribution is 7.26. The first-order chi connectivity index (χ1) is 42.6. The standard InChI is InChI=1S/C81H56N4S/c1-6-20-53(21-7-1)63-45-64(54-22-8-2-9-23-54)48-67(47-63)57-36-40-69(41-37-57)85-74-34-17-16-32-70(74)72-51-60(38-42-75(72)85)61-39-43-76-73(52-61)78-71(33-19-35-77(78)86-76)81-83-79(58-28-14-5-15-29-58)82-80(84-81)62-31-18-30-59(44-62)68-49-65(55-24-10-3-11-25-55)46-66(50-68)56-26-12-4-13-27-56/h1-8,10-20,22,24-53H,9,21,23H2. The highest BCUT2D eigenvalue weighted by Gasteiger charge is 2.21. The quantitative estimate of drug-likeness (QED) is 0.130. The van der Waals surface area contributed by atoms with Crippen molar-refractivity contribution in [3.63, 3.8) is 0 Å². The molecule has 0 amide bonds. The van der Waals surface area contributed by atoms with Crippen LogP contribution in [0.1, 0.15) is 36.3 Å². The maximum atomic E-state index is 5.41. The molecule has 16 rings (SSSR count). The zero-order valence-corrected chi connectivity index (χ0v) is 48.0. The van der Waals surface area contributed by atoms with Crippen molar-refractivity contribution in [1.29, 1.82) is 0 Å². The summed E-state index contributed by atoms with van der Waals surface area (Å²) in [6, 6.07) is 92.7. The lowest BCUT2D eigenvalue weighted by Crippen LogP contribution is -2.00. The lowest BCUT2D eigenvalue weighted by molar-refractivity contribution is 0.853. The van der Waals surface area contributed by atoms with Gasteiger partial charge in [-0.3, -0.25) is 0 Å². The number of rotatable bonds is 11. The first kappa shape index (κ1) is 51.1. The summed E-state index contributed by atoms with van der Waals surface area (Å²) in [5.41, 5.74) is 22.1. The second-order valence-electron chi connectivity index (χ2n) is 22.6. The summed E-state index contributed by atoms with van der Waals surface area (Å²) >= 11 is 1.81. The summed E-state index contributed by atoms with van der Waals surface area (Å²) in [5, 5.41) is 4.76. The Morgan fingerprint density at radius 1 is 0.360 bits per heavy atom. The highest BCUT2D eigenvalue weighted by atomic mass is 32.1. The molecule has 2 aliphatic rings. The zero-order chi connectivity index (χ0) is 56.9. The monoisotopic (exact) mass is 1120 g/mol. The summed E-state index contributed by atoms with van der Waals surface area (Å²) in [7, 11) is 0. The number of hydrogen-bond donors (Lipinski definition) is 0. The number of aromatic nitrogens is 4. The average Bonchev–Trinajstić information content (AvgIpc) is 1.82. The van der Waals surface area contributed by atoms with E-state index in [4.69, 9.17) is 15.0 Å². The molecule has 0 saturated carbocycles. The molecular weight excluding hydrogens is 1060 g/mol. The van der Waals surface area contributed by atoms with Gasteiger partial charge in [-0.15, -0.1) is 11.3 Å². The number of hydrogen-bond acceptors (Lipinski definition) is 4. The number of benzene rings is 11. The van der Waals surface area contributed by atoms with Crippen molar-refractivity contribution in [3.8, 4) is 95.5 Å². The van der Waals surface area contributed by atoms with Crippen molar-refractivity contribution in [1.82, 2.24) is 19.5 Å². The van der Waals surface area contributed by atoms with Crippen molar-refractivity contribution in [2.24, 2.45) is 0 Å². The SMILES string of the molecule is C1=CCCC(c2cc(-c3ccc(-n4c5ccccc5c5cc(-c6ccc7sc8cccc(-c9nc(-c%10ccccc%10)nc(-c%10cccc(-c%11cc(-c%12ccccc%12)cc(-c%12ccccc%12)c%11)c%10)n9)c8c7c6)ccc54)cc3)cc(C3C=CC=CC3)c2)=C1. The Labute approximate surface area is 504 Å². The van der Waals surface area contributed by atoms with Crippen molar-refractivity contribution in [2.75, 3.05) is 0 Å². The van der Waals surface area contributed by atoms with Crippen LogP contribution in [0.4, 0.5) is 0 Å². The molecule has 14 aromatic rings. The van der Waals surface area contributed by atoms with Crippen LogP contribution in [0.5, 0.6) is 0 Å². The Kier molecular flexibility index (Phi) is 13.0. The third-order valence-electron chi connectivity index (χ3n) is 17.2. The number of thiophene rings is 1. The number of allylic oxidation sites excluding steroid dienone is 8. The average molecular weight is 1120 g/mol. The van der Waals surface area contributed by atoms with Crippen molar-refractivity contribution in [3.05, 3.63) is 308 Å². The fraction of sp³-hybridized carbons (Fsp3) is 0.0494. The smallest absolute Gasteiger partial charge is 0.164 e. The highest BCUT2D eigenvalue weighted by Crippen LogP contribution is 2.44. The van der Waals surface area contributed by atoms with E-state index in [1.54, 1.807) is 0 Å². The van der Waals surface area contributed by atoms with Crippen LogP contribution < -0.4 is 0 Å². The molecule has 0 fully saturated rings. The topological polar surface area (TPSA) is 43.6 Å². The molecule has 2 aliphatic carbocycles. The molecule has 0 aliphatic heterocycles. The van der Waals surface area contributed by atoms with Crippen molar-refractivity contribution >= 4 is 58.9 Å². The summed E-state index contributed by atoms with van der Waals surface area (Å²) in [4.78, 5) is 16.0. The molecular formula is C81H56N4S. The molecule has 86 heavy (non-hydrogen) atoms. The van der Waals surface area contributed by atoms with Crippen LogP contribution in [0.3, 0.4) is 0 Å². The molecule has 0 bridgehead atoms. The number of fused-ring (bicyclic) bond motifs is 6. The van der Waals surface area contributed by atoms with Crippen LogP contribution in [0.25, 0.3) is 143 Å². The Bertz CT molecular complexity index is 5010. The normalized spacial score (nSPS) is 14.0. The molecule has 1 unspecified atom stereocenters. The van der Waals surface area contributed by atoms with Crippen LogP contribution in [-0.2, 0) is 0 Å². The van der Waals surface area contributed by atoms with Crippen LogP contribution in [0.2, 0.25) is 0 Å². The summed E-state index contributed by atoms with van der Waals surface area (Å²) < 4.78 is 4.82. The minimum absolute atomic E-state index is 0.371. The van der Waals surface area contributed by atoms with E-state index in [1.165, 1.54) is 75.5 Å². The van der Waals surface area contributed by atoms with E-state index in [-0.39, 0.29) is 0 Å². The van der Waals surface area contributed by atoms with Gasteiger partial charge in [0.1, 0.15) is 0 Å². The van der Waals surface area contributed by atoms with Gasteiger partial charge in [-0.2, -0.15) is 0 Å². The third kappa shape index (κ3) is 9.58. The molecule has 5 heteroatoms. The van der Waals surface area contributed by atoms with E-state index < -0.39 is 0 Å². The summed E-state index contributed by atoms with van der Waals surface area (Å²) in [6.45, 7) is 0. The van der Waals surface area contributed by atoms with Gasteiger partial charge in [0.2, 0.25) is 0 Å². The van der Waals surface area contributed by atoms with E-state index in [0.29, 0.717) is 23.4 Å². The van der Waals surface area contributed by atoms with Gasteiger partial charge in [-0.1, -0.05) is 218 Å². The molecule has 0 saturated heterocycles. The van der Waals surface area contributed by atoms with Crippen molar-refractivity contribution < 1.29 is 0 Å². The summed E-state index contributed by atoms with van der Waals surface area (Å²) in [5.74, 6) is 2.26. The van der Waals surface area contributed by atoms with Gasteiger partial charge in [0.25, 0.3) is 0 Å². The zero-order valence-electron chi connectivity index (χ0n) is 47.2. The van der Waals surface area contributed by atoms with E-state index in [1.807, 2.05) is 29.5 Å². The van der Waals surface area contributed by atoms with Gasteiger partial charge >= 0.3 is 0 Å². The molecule has 11 aromatic carbocycles. The lowest BCUT2D eigenvalue weighted by Gasteiger charge is -2.19. The molecule has 4 nitrogen and oxygen atoms in total. The molecule has 0 N–H and O–H groups in total. The molecule has 3 heterocycles. The minimum atomic E-state index is 0.371.